The number of hydrazone groups is 1. The summed E-state index contributed by atoms with van der Waals surface area (Å²) in [6, 6.07) is 13.4. The molecule has 2 amide bonds. The highest BCUT2D eigenvalue weighted by atomic mass is 16.5. The van der Waals surface area contributed by atoms with Crippen LogP contribution in [0.25, 0.3) is 0 Å². The first kappa shape index (κ1) is 26.3. The number of piperidine rings is 1. The van der Waals surface area contributed by atoms with Crippen molar-refractivity contribution in [2.24, 2.45) is 5.10 Å². The van der Waals surface area contributed by atoms with Crippen molar-refractivity contribution in [2.75, 3.05) is 30.0 Å². The van der Waals surface area contributed by atoms with Gasteiger partial charge in [0, 0.05) is 25.2 Å². The minimum Gasteiger partial charge on any atom is -0.466 e. The maximum absolute atomic E-state index is 13.2. The predicted molar refractivity (Wildman–Crippen MR) is 143 cm³/mol. The molecule has 0 bridgehead atoms. The van der Waals surface area contributed by atoms with Gasteiger partial charge in [-0.05, 0) is 62.9 Å². The first-order valence-corrected chi connectivity index (χ1v) is 12.9. The third kappa shape index (κ3) is 6.74. The van der Waals surface area contributed by atoms with E-state index in [9.17, 15) is 14.4 Å². The third-order valence-electron chi connectivity index (χ3n) is 6.55. The fourth-order valence-corrected chi connectivity index (χ4v) is 4.78. The number of benzene rings is 2. The lowest BCUT2D eigenvalue weighted by atomic mass is 9.99. The standard InChI is InChI=1S/C28H35N5O4/c1-4-37-27(35)18-26(34)29-22-10-8-9-21(16-22)25-17-23(28(36)31-32-13-6-5-7-14-32)30-33(25)24-12-11-19(2)15-20(24)3/h8-12,15-16,25H,4-7,13-14,17-18H2,1-3H3,(H,29,34)(H,31,36). The zero-order valence-electron chi connectivity index (χ0n) is 21.8. The molecule has 1 saturated heterocycles. The molecular formula is C28H35N5O4. The van der Waals surface area contributed by atoms with E-state index in [2.05, 4.69) is 16.8 Å². The molecule has 4 rings (SSSR count). The summed E-state index contributed by atoms with van der Waals surface area (Å²) in [5.41, 5.74) is 8.10. The largest absolute Gasteiger partial charge is 0.466 e. The molecule has 2 aromatic rings. The number of amides is 2. The summed E-state index contributed by atoms with van der Waals surface area (Å²) in [6.07, 6.45) is 3.40. The number of hydrogen-bond acceptors (Lipinski definition) is 7. The van der Waals surface area contributed by atoms with E-state index in [4.69, 9.17) is 9.84 Å². The van der Waals surface area contributed by atoms with Gasteiger partial charge in [-0.2, -0.15) is 5.10 Å². The summed E-state index contributed by atoms with van der Waals surface area (Å²) >= 11 is 0. The summed E-state index contributed by atoms with van der Waals surface area (Å²) in [5, 5.41) is 11.4. The van der Waals surface area contributed by atoms with E-state index in [-0.39, 0.29) is 25.0 Å². The summed E-state index contributed by atoms with van der Waals surface area (Å²) in [5.74, 6) is -1.19. The van der Waals surface area contributed by atoms with Crippen molar-refractivity contribution in [3.05, 3.63) is 59.2 Å². The molecule has 0 aromatic heterocycles. The molecule has 0 spiro atoms. The maximum atomic E-state index is 13.2. The van der Waals surface area contributed by atoms with E-state index in [0.717, 1.165) is 48.3 Å². The second-order valence-corrected chi connectivity index (χ2v) is 9.55. The highest BCUT2D eigenvalue weighted by molar-refractivity contribution is 6.39. The summed E-state index contributed by atoms with van der Waals surface area (Å²) in [4.78, 5) is 37.2. The second kappa shape index (κ2) is 12.0. The lowest BCUT2D eigenvalue weighted by Gasteiger charge is -2.26. The number of hydrazine groups is 1. The van der Waals surface area contributed by atoms with Crippen LogP contribution >= 0.6 is 0 Å². The molecular weight excluding hydrogens is 470 g/mol. The van der Waals surface area contributed by atoms with Crippen molar-refractivity contribution in [1.82, 2.24) is 10.4 Å². The van der Waals surface area contributed by atoms with E-state index in [1.807, 2.05) is 54.2 Å². The van der Waals surface area contributed by atoms with Crippen LogP contribution in [-0.4, -0.2) is 48.2 Å². The number of rotatable bonds is 8. The number of nitrogens with one attached hydrogen (secondary N) is 2. The van der Waals surface area contributed by atoms with Crippen molar-refractivity contribution in [3.8, 4) is 0 Å². The molecule has 0 saturated carbocycles. The smallest absolute Gasteiger partial charge is 0.315 e. The molecule has 1 fully saturated rings. The van der Waals surface area contributed by atoms with Crippen molar-refractivity contribution in [1.29, 1.82) is 0 Å². The van der Waals surface area contributed by atoms with Gasteiger partial charge < -0.3 is 10.1 Å². The first-order chi connectivity index (χ1) is 17.8. The molecule has 9 nitrogen and oxygen atoms in total. The zero-order valence-corrected chi connectivity index (χ0v) is 21.8. The van der Waals surface area contributed by atoms with Crippen LogP contribution in [0, 0.1) is 13.8 Å². The molecule has 2 N–H and O–H groups in total. The summed E-state index contributed by atoms with van der Waals surface area (Å²) < 4.78 is 4.86. The Bertz CT molecular complexity index is 1190. The van der Waals surface area contributed by atoms with Gasteiger partial charge in [0.05, 0.1) is 18.3 Å². The first-order valence-electron chi connectivity index (χ1n) is 12.9. The maximum Gasteiger partial charge on any atom is 0.315 e. The number of aryl methyl sites for hydroxylation is 2. The predicted octanol–water partition coefficient (Wildman–Crippen LogP) is 4.02. The Hall–Kier alpha value is -3.72. The summed E-state index contributed by atoms with van der Waals surface area (Å²) in [7, 11) is 0. The quantitative estimate of drug-likeness (QED) is 0.415. The van der Waals surface area contributed by atoms with Gasteiger partial charge in [-0.1, -0.05) is 36.2 Å². The van der Waals surface area contributed by atoms with Crippen LogP contribution in [0.4, 0.5) is 11.4 Å². The van der Waals surface area contributed by atoms with Gasteiger partial charge in [0.25, 0.3) is 5.91 Å². The summed E-state index contributed by atoms with van der Waals surface area (Å²) in [6.45, 7) is 7.69. The number of carbonyl (C=O) groups excluding carboxylic acids is 3. The number of hydrogen-bond donors (Lipinski definition) is 2. The van der Waals surface area contributed by atoms with E-state index < -0.39 is 11.9 Å². The molecule has 196 valence electrons. The van der Waals surface area contributed by atoms with E-state index in [1.54, 1.807) is 13.0 Å². The molecule has 2 aliphatic rings. The Labute approximate surface area is 217 Å². The minimum atomic E-state index is -0.564. The Kier molecular flexibility index (Phi) is 8.55. The van der Waals surface area contributed by atoms with Gasteiger partial charge in [-0.15, -0.1) is 0 Å². The number of esters is 1. The van der Waals surface area contributed by atoms with Gasteiger partial charge in [0.15, 0.2) is 0 Å². The van der Waals surface area contributed by atoms with Crippen LogP contribution in [-0.2, 0) is 19.1 Å². The van der Waals surface area contributed by atoms with Gasteiger partial charge in [0.1, 0.15) is 12.1 Å². The highest BCUT2D eigenvalue weighted by Gasteiger charge is 2.34. The monoisotopic (exact) mass is 505 g/mol. The fraction of sp³-hybridized carbons (Fsp3) is 0.429. The van der Waals surface area contributed by atoms with Crippen LogP contribution in [0.3, 0.4) is 0 Å². The van der Waals surface area contributed by atoms with Crippen LogP contribution in [0.5, 0.6) is 0 Å². The number of carbonyl (C=O) groups is 3. The SMILES string of the molecule is CCOC(=O)CC(=O)Nc1cccc(C2CC(C(=O)NN3CCCCC3)=NN2c2ccc(C)cc2C)c1. The highest BCUT2D eigenvalue weighted by Crippen LogP contribution is 2.38. The second-order valence-electron chi connectivity index (χ2n) is 9.55. The topological polar surface area (TPSA) is 103 Å². The fourth-order valence-electron chi connectivity index (χ4n) is 4.78. The Morgan fingerprint density at radius 2 is 1.84 bits per heavy atom. The average molecular weight is 506 g/mol. The molecule has 2 aliphatic heterocycles. The molecule has 37 heavy (non-hydrogen) atoms. The molecule has 2 aromatic carbocycles. The van der Waals surface area contributed by atoms with Crippen LogP contribution in [0.15, 0.2) is 47.6 Å². The van der Waals surface area contributed by atoms with Crippen molar-refractivity contribution in [2.45, 2.75) is 58.9 Å². The third-order valence-corrected chi connectivity index (χ3v) is 6.55. The van der Waals surface area contributed by atoms with Gasteiger partial charge in [0.2, 0.25) is 5.91 Å². The zero-order chi connectivity index (χ0) is 26.4. The Morgan fingerprint density at radius 3 is 2.57 bits per heavy atom. The Morgan fingerprint density at radius 1 is 1.05 bits per heavy atom. The van der Waals surface area contributed by atoms with E-state index >= 15 is 0 Å². The molecule has 1 atom stereocenters. The van der Waals surface area contributed by atoms with Crippen molar-refractivity contribution >= 4 is 34.9 Å². The van der Waals surface area contributed by atoms with Crippen LogP contribution in [0.2, 0.25) is 0 Å². The lowest BCUT2D eigenvalue weighted by Crippen LogP contribution is -2.47. The molecule has 9 heteroatoms. The number of anilines is 2. The average Bonchev–Trinajstić information content (AvgIpc) is 3.30. The van der Waals surface area contributed by atoms with Gasteiger partial charge in [-0.25, -0.2) is 5.01 Å². The number of nitrogens with zero attached hydrogens (tertiary/aromatic N) is 3. The number of ether oxygens (including phenoxy) is 1. The van der Waals surface area contributed by atoms with Crippen molar-refractivity contribution < 1.29 is 19.1 Å². The van der Waals surface area contributed by atoms with Crippen LogP contribution in [0.1, 0.15) is 61.8 Å². The minimum absolute atomic E-state index is 0.182. The lowest BCUT2D eigenvalue weighted by molar-refractivity contribution is -0.145. The Balaban J connectivity index is 1.57. The normalized spacial score (nSPS) is 17.8. The van der Waals surface area contributed by atoms with E-state index in [1.165, 1.54) is 6.42 Å². The van der Waals surface area contributed by atoms with Crippen LogP contribution < -0.4 is 15.8 Å². The molecule has 0 aliphatic carbocycles. The molecule has 1 unspecified atom stereocenters. The van der Waals surface area contributed by atoms with Gasteiger partial charge in [-0.3, -0.25) is 24.8 Å². The van der Waals surface area contributed by atoms with Gasteiger partial charge >= 0.3 is 5.97 Å². The van der Waals surface area contributed by atoms with E-state index in [0.29, 0.717) is 17.8 Å². The molecule has 0 radical (unpaired) electrons. The van der Waals surface area contributed by atoms with Crippen molar-refractivity contribution in [3.63, 3.8) is 0 Å². The molecule has 2 heterocycles.